The number of aromatic nitrogens is 3. The molecule has 0 bridgehead atoms. The number of halogens is 3. The summed E-state index contributed by atoms with van der Waals surface area (Å²) >= 11 is 0. The fourth-order valence-electron chi connectivity index (χ4n) is 1.33. The first-order valence-corrected chi connectivity index (χ1v) is 4.46. The lowest BCUT2D eigenvalue weighted by Gasteiger charge is -2.04. The topological polar surface area (TPSA) is 39.4 Å². The highest BCUT2D eigenvalue weighted by atomic mass is 19.4. The van der Waals surface area contributed by atoms with Crippen LogP contribution in [-0.2, 0) is 11.3 Å². The second-order valence-electron chi connectivity index (χ2n) is 3.21. The minimum atomic E-state index is -4.64. The molecule has 0 aromatic carbocycles. The Morgan fingerprint density at radius 2 is 2.19 bits per heavy atom. The lowest BCUT2D eigenvalue weighted by Crippen LogP contribution is -2.13. The molecule has 0 aliphatic heterocycles. The molecule has 2 heterocycles. The van der Waals surface area contributed by atoms with Crippen molar-refractivity contribution in [1.82, 2.24) is 14.6 Å². The van der Waals surface area contributed by atoms with Crippen molar-refractivity contribution in [3.8, 4) is 0 Å². The average molecular weight is 231 g/mol. The van der Waals surface area contributed by atoms with Crippen molar-refractivity contribution in [1.29, 1.82) is 0 Å². The van der Waals surface area contributed by atoms with Gasteiger partial charge < -0.3 is 0 Å². The quantitative estimate of drug-likeness (QED) is 0.794. The number of ether oxygens (including phenoxy) is 1. The third-order valence-corrected chi connectivity index (χ3v) is 2.02. The minimum absolute atomic E-state index is 0.216. The van der Waals surface area contributed by atoms with Gasteiger partial charge in [-0.3, -0.25) is 9.72 Å². The van der Waals surface area contributed by atoms with Gasteiger partial charge >= 0.3 is 6.36 Å². The van der Waals surface area contributed by atoms with Gasteiger partial charge in [0.05, 0.1) is 16.9 Å². The maximum absolute atomic E-state index is 11.8. The Morgan fingerprint density at radius 1 is 1.44 bits per heavy atom. The largest absolute Gasteiger partial charge is 0.522 e. The van der Waals surface area contributed by atoms with Gasteiger partial charge in [-0.1, -0.05) is 0 Å². The number of alkyl halides is 3. The van der Waals surface area contributed by atoms with Crippen LogP contribution in [0.4, 0.5) is 13.2 Å². The van der Waals surface area contributed by atoms with E-state index in [-0.39, 0.29) is 5.69 Å². The monoisotopic (exact) mass is 231 g/mol. The van der Waals surface area contributed by atoms with Gasteiger partial charge in [0.25, 0.3) is 0 Å². The van der Waals surface area contributed by atoms with Crippen LogP contribution in [0.15, 0.2) is 18.5 Å². The Bertz CT molecular complexity index is 506. The predicted molar refractivity (Wildman–Crippen MR) is 48.6 cm³/mol. The summed E-state index contributed by atoms with van der Waals surface area (Å²) in [6, 6.07) is 1.52. The second-order valence-corrected chi connectivity index (χ2v) is 3.21. The van der Waals surface area contributed by atoms with E-state index in [4.69, 9.17) is 0 Å². The molecule has 0 spiro atoms. The zero-order valence-corrected chi connectivity index (χ0v) is 8.32. The van der Waals surface area contributed by atoms with Crippen LogP contribution in [0.2, 0.25) is 0 Å². The van der Waals surface area contributed by atoms with Gasteiger partial charge in [0, 0.05) is 12.4 Å². The number of nitrogens with zero attached hydrogens (tertiary/aromatic N) is 3. The van der Waals surface area contributed by atoms with Crippen molar-refractivity contribution in [3.63, 3.8) is 0 Å². The third-order valence-electron chi connectivity index (χ3n) is 2.02. The third kappa shape index (κ3) is 2.30. The molecule has 7 heteroatoms. The summed E-state index contributed by atoms with van der Waals surface area (Å²) in [4.78, 5) is 4.01. The van der Waals surface area contributed by atoms with E-state index in [2.05, 4.69) is 14.8 Å². The van der Waals surface area contributed by atoms with E-state index in [9.17, 15) is 13.2 Å². The summed E-state index contributed by atoms with van der Waals surface area (Å²) in [5.74, 6) is 0. The summed E-state index contributed by atoms with van der Waals surface area (Å²) in [5.41, 5.74) is 1.59. The van der Waals surface area contributed by atoms with Crippen molar-refractivity contribution in [2.75, 3.05) is 0 Å². The van der Waals surface area contributed by atoms with Crippen molar-refractivity contribution < 1.29 is 17.9 Å². The predicted octanol–water partition coefficient (Wildman–Crippen LogP) is 2.07. The zero-order valence-electron chi connectivity index (χ0n) is 8.32. The molecule has 2 aromatic heterocycles. The van der Waals surface area contributed by atoms with Gasteiger partial charge in [-0.05, 0) is 13.0 Å². The summed E-state index contributed by atoms with van der Waals surface area (Å²) in [6.07, 6.45) is -1.54. The summed E-state index contributed by atoms with van der Waals surface area (Å²) in [7, 11) is 0. The first-order chi connectivity index (χ1) is 7.46. The van der Waals surface area contributed by atoms with E-state index in [1.54, 1.807) is 13.1 Å². The van der Waals surface area contributed by atoms with E-state index >= 15 is 0 Å². The smallest absolute Gasteiger partial charge is 0.285 e. The highest BCUT2D eigenvalue weighted by Gasteiger charge is 2.29. The van der Waals surface area contributed by atoms with Gasteiger partial charge in [-0.15, -0.1) is 13.2 Å². The molecule has 0 saturated carbocycles. The molecule has 2 aromatic rings. The van der Waals surface area contributed by atoms with Gasteiger partial charge in [0.1, 0.15) is 6.61 Å². The van der Waals surface area contributed by atoms with E-state index in [0.29, 0.717) is 11.2 Å². The molecule has 2 rings (SSSR count). The number of hydrogen-bond donors (Lipinski definition) is 0. The Morgan fingerprint density at radius 3 is 2.81 bits per heavy atom. The van der Waals surface area contributed by atoms with E-state index in [1.165, 1.54) is 16.8 Å². The molecule has 0 aliphatic rings. The molecular weight excluding hydrogens is 223 g/mol. The molecule has 0 fully saturated rings. The summed E-state index contributed by atoms with van der Waals surface area (Å²) in [6.45, 7) is 1.16. The molecule has 0 N–H and O–H groups in total. The lowest BCUT2D eigenvalue weighted by molar-refractivity contribution is -0.330. The first kappa shape index (κ1) is 10.9. The van der Waals surface area contributed by atoms with Crippen LogP contribution >= 0.6 is 0 Å². The number of rotatable bonds is 2. The van der Waals surface area contributed by atoms with Crippen LogP contribution in [0.25, 0.3) is 5.52 Å². The molecule has 0 saturated heterocycles. The van der Waals surface area contributed by atoms with Crippen LogP contribution in [0.1, 0.15) is 11.4 Å². The molecule has 4 nitrogen and oxygen atoms in total. The maximum Gasteiger partial charge on any atom is 0.522 e. The molecule has 0 radical (unpaired) electrons. The van der Waals surface area contributed by atoms with Crippen molar-refractivity contribution in [2.45, 2.75) is 19.9 Å². The zero-order chi connectivity index (χ0) is 11.8. The van der Waals surface area contributed by atoms with Gasteiger partial charge in [-0.2, -0.15) is 5.10 Å². The molecule has 0 unspecified atom stereocenters. The highest BCUT2D eigenvalue weighted by Crippen LogP contribution is 2.19. The van der Waals surface area contributed by atoms with E-state index < -0.39 is 13.0 Å². The van der Waals surface area contributed by atoms with Crippen molar-refractivity contribution >= 4 is 5.52 Å². The SMILES string of the molecule is Cc1nccn2nc(COC(F)(F)F)cc12. The molecule has 0 atom stereocenters. The second kappa shape index (κ2) is 3.75. The van der Waals surface area contributed by atoms with Gasteiger partial charge in [0.2, 0.25) is 0 Å². The Balaban J connectivity index is 2.24. The highest BCUT2D eigenvalue weighted by molar-refractivity contribution is 5.51. The number of fused-ring (bicyclic) bond motifs is 1. The van der Waals surface area contributed by atoms with Crippen LogP contribution in [-0.4, -0.2) is 21.0 Å². The average Bonchev–Trinajstić information content (AvgIpc) is 2.58. The number of hydrogen-bond acceptors (Lipinski definition) is 3. The van der Waals surface area contributed by atoms with Gasteiger partial charge in [-0.25, -0.2) is 4.52 Å². The standard InChI is InChI=1S/C9H8F3N3O/c1-6-8-4-7(5-16-9(10,11)12)14-15(8)3-2-13-6/h2-4H,5H2,1H3. The van der Waals surface area contributed by atoms with E-state index in [0.717, 1.165) is 0 Å². The summed E-state index contributed by atoms with van der Waals surface area (Å²) in [5, 5.41) is 3.93. The van der Waals surface area contributed by atoms with Crippen LogP contribution in [0.3, 0.4) is 0 Å². The Labute approximate surface area is 88.7 Å². The van der Waals surface area contributed by atoms with Gasteiger partial charge in [0.15, 0.2) is 0 Å². The number of aryl methyl sites for hydroxylation is 1. The van der Waals surface area contributed by atoms with Crippen LogP contribution in [0, 0.1) is 6.92 Å². The Kier molecular flexibility index (Phi) is 2.55. The normalized spacial score (nSPS) is 12.2. The van der Waals surface area contributed by atoms with Crippen molar-refractivity contribution in [3.05, 3.63) is 29.8 Å². The molecule has 0 aliphatic carbocycles. The van der Waals surface area contributed by atoms with Crippen LogP contribution < -0.4 is 0 Å². The molecular formula is C9H8F3N3O. The van der Waals surface area contributed by atoms with Crippen molar-refractivity contribution in [2.24, 2.45) is 0 Å². The fourth-order valence-corrected chi connectivity index (χ4v) is 1.33. The molecule has 16 heavy (non-hydrogen) atoms. The first-order valence-electron chi connectivity index (χ1n) is 4.46. The maximum atomic E-state index is 11.8. The lowest BCUT2D eigenvalue weighted by atomic mass is 10.3. The molecule has 86 valence electrons. The van der Waals surface area contributed by atoms with E-state index in [1.807, 2.05) is 0 Å². The Hall–Kier alpha value is -1.63. The fraction of sp³-hybridized carbons (Fsp3) is 0.333. The summed E-state index contributed by atoms with van der Waals surface area (Å²) < 4.78 is 40.6. The minimum Gasteiger partial charge on any atom is -0.285 e. The van der Waals surface area contributed by atoms with Crippen LogP contribution in [0.5, 0.6) is 0 Å². The molecule has 0 amide bonds.